The second kappa shape index (κ2) is 10.1. The molecule has 1 aliphatic heterocycles. The Labute approximate surface area is 205 Å². The van der Waals surface area contributed by atoms with Gasteiger partial charge in [0.15, 0.2) is 0 Å². The zero-order valence-electron chi connectivity index (χ0n) is 20.5. The second-order valence-corrected chi connectivity index (χ2v) is 9.16. The lowest BCUT2D eigenvalue weighted by Gasteiger charge is -2.25. The van der Waals surface area contributed by atoms with Crippen LogP contribution in [0.5, 0.6) is 5.75 Å². The quantitative estimate of drug-likeness (QED) is 0.276. The van der Waals surface area contributed by atoms with Gasteiger partial charge in [0.25, 0.3) is 11.7 Å². The fraction of sp³-hybridized carbons (Fsp3) is 0.276. The van der Waals surface area contributed by atoms with Crippen LogP contribution in [0.1, 0.15) is 49.1 Å². The Hall–Kier alpha value is -3.93. The van der Waals surface area contributed by atoms with Crippen LogP contribution in [0.2, 0.25) is 0 Å². The zero-order chi connectivity index (χ0) is 25.1. The molecule has 0 bridgehead atoms. The number of aryl methyl sites for hydroxylation is 2. The Bertz CT molecular complexity index is 1260. The van der Waals surface area contributed by atoms with Crippen LogP contribution in [0.4, 0.5) is 5.69 Å². The number of hydrogen-bond donors (Lipinski definition) is 1. The lowest BCUT2D eigenvalue weighted by molar-refractivity contribution is -0.132. The van der Waals surface area contributed by atoms with Crippen LogP contribution in [0.15, 0.2) is 72.6 Å². The highest BCUT2D eigenvalue weighted by atomic mass is 16.5. The number of nitrogens with zero attached hydrogens (tertiary/aromatic N) is 2. The maximum absolute atomic E-state index is 13.3. The maximum atomic E-state index is 13.3. The summed E-state index contributed by atoms with van der Waals surface area (Å²) in [5, 5.41) is 11.3. The van der Waals surface area contributed by atoms with E-state index in [4.69, 9.17) is 4.74 Å². The molecule has 1 N–H and O–H groups in total. The minimum atomic E-state index is -0.798. The summed E-state index contributed by atoms with van der Waals surface area (Å²) < 4.78 is 5.85. The van der Waals surface area contributed by atoms with Gasteiger partial charge in [-0.3, -0.25) is 19.5 Å². The predicted molar refractivity (Wildman–Crippen MR) is 136 cm³/mol. The Kier molecular flexibility index (Phi) is 7.01. The molecule has 1 unspecified atom stereocenters. The molecule has 4 rings (SSSR count). The highest BCUT2D eigenvalue weighted by molar-refractivity contribution is 6.51. The van der Waals surface area contributed by atoms with E-state index in [1.165, 1.54) is 4.90 Å². The van der Waals surface area contributed by atoms with Gasteiger partial charge in [0.1, 0.15) is 11.5 Å². The van der Waals surface area contributed by atoms with Gasteiger partial charge in [-0.1, -0.05) is 39.0 Å². The van der Waals surface area contributed by atoms with E-state index in [0.29, 0.717) is 29.3 Å². The number of carbonyl (C=O) groups is 2. The summed E-state index contributed by atoms with van der Waals surface area (Å²) in [7, 11) is 0. The summed E-state index contributed by atoms with van der Waals surface area (Å²) in [4.78, 5) is 32.2. The van der Waals surface area contributed by atoms with Gasteiger partial charge in [-0.25, -0.2) is 0 Å². The molecule has 6 nitrogen and oxygen atoms in total. The summed E-state index contributed by atoms with van der Waals surface area (Å²) in [6, 6.07) is 15.6. The summed E-state index contributed by atoms with van der Waals surface area (Å²) >= 11 is 0. The van der Waals surface area contributed by atoms with Crippen molar-refractivity contribution in [2.75, 3.05) is 11.5 Å². The molecule has 1 aliphatic rings. The van der Waals surface area contributed by atoms with Crippen molar-refractivity contribution < 1.29 is 19.4 Å². The van der Waals surface area contributed by atoms with E-state index in [0.717, 1.165) is 23.3 Å². The van der Waals surface area contributed by atoms with Crippen LogP contribution in [0.25, 0.3) is 5.76 Å². The maximum Gasteiger partial charge on any atom is 0.300 e. The number of ketones is 1. The van der Waals surface area contributed by atoms with Gasteiger partial charge in [0, 0.05) is 23.6 Å². The molecule has 0 saturated carbocycles. The minimum absolute atomic E-state index is 0.0396. The van der Waals surface area contributed by atoms with Crippen molar-refractivity contribution in [3.63, 3.8) is 0 Å². The predicted octanol–water partition coefficient (Wildman–Crippen LogP) is 5.61. The molecule has 1 amide bonds. The SMILES string of the molecule is CCc1ccc(N2C(=O)C(=O)/C(=C(\O)c3ccc(OCC(C)C)c(C)c3)C2c2cccnc2)cc1. The van der Waals surface area contributed by atoms with Gasteiger partial charge >= 0.3 is 0 Å². The first-order valence-corrected chi connectivity index (χ1v) is 11.9. The number of aliphatic hydroxyl groups is 1. The van der Waals surface area contributed by atoms with Crippen molar-refractivity contribution in [2.45, 2.75) is 40.2 Å². The number of carbonyl (C=O) groups excluding carboxylic acids is 2. The van der Waals surface area contributed by atoms with Crippen LogP contribution in [-0.2, 0) is 16.0 Å². The Morgan fingerprint density at radius 3 is 2.46 bits per heavy atom. The summed E-state index contributed by atoms with van der Waals surface area (Å²) in [5.41, 5.74) is 3.67. The molecule has 1 aromatic heterocycles. The average molecular weight is 471 g/mol. The van der Waals surface area contributed by atoms with E-state index in [9.17, 15) is 14.7 Å². The van der Waals surface area contributed by atoms with Crippen LogP contribution in [0.3, 0.4) is 0 Å². The molecule has 1 saturated heterocycles. The summed E-state index contributed by atoms with van der Waals surface area (Å²) in [6.07, 6.45) is 4.11. The standard InChI is InChI=1S/C29H30N2O4/c1-5-20-8-11-23(12-9-20)31-26(22-7-6-14-30-16-22)25(28(33)29(31)34)27(32)21-10-13-24(19(4)15-21)35-17-18(2)3/h6-16,18,26,32H,5,17H2,1-4H3/b27-25-. The number of hydrogen-bond acceptors (Lipinski definition) is 5. The molecule has 6 heteroatoms. The van der Waals surface area contributed by atoms with Gasteiger partial charge < -0.3 is 9.84 Å². The van der Waals surface area contributed by atoms with Crippen molar-refractivity contribution in [3.8, 4) is 5.75 Å². The van der Waals surface area contributed by atoms with Crippen LogP contribution in [-0.4, -0.2) is 28.4 Å². The van der Waals surface area contributed by atoms with Gasteiger partial charge in [-0.05, 0) is 72.4 Å². The minimum Gasteiger partial charge on any atom is -0.507 e. The first kappa shape index (κ1) is 24.2. The molecule has 1 atom stereocenters. The van der Waals surface area contributed by atoms with Crippen LogP contribution in [0, 0.1) is 12.8 Å². The van der Waals surface area contributed by atoms with Gasteiger partial charge in [0.2, 0.25) is 0 Å². The van der Waals surface area contributed by atoms with Crippen molar-refractivity contribution in [1.82, 2.24) is 4.98 Å². The molecule has 180 valence electrons. The number of benzene rings is 2. The number of rotatable bonds is 7. The number of Topliss-reactive ketones (excluding diaryl/α,β-unsaturated/α-hetero) is 1. The Morgan fingerprint density at radius 1 is 1.11 bits per heavy atom. The number of pyridine rings is 1. The molecule has 0 aliphatic carbocycles. The third-order valence-electron chi connectivity index (χ3n) is 6.09. The smallest absolute Gasteiger partial charge is 0.300 e. The molecular formula is C29H30N2O4. The topological polar surface area (TPSA) is 79.7 Å². The average Bonchev–Trinajstić information content (AvgIpc) is 3.13. The highest BCUT2D eigenvalue weighted by Gasteiger charge is 2.47. The molecule has 2 heterocycles. The van der Waals surface area contributed by atoms with Crippen molar-refractivity contribution in [2.24, 2.45) is 5.92 Å². The number of aromatic nitrogens is 1. The third-order valence-corrected chi connectivity index (χ3v) is 6.09. The number of amides is 1. The van der Waals surface area contributed by atoms with Gasteiger partial charge in [0.05, 0.1) is 18.2 Å². The molecule has 0 radical (unpaired) electrons. The monoisotopic (exact) mass is 470 g/mol. The lowest BCUT2D eigenvalue weighted by atomic mass is 9.95. The molecule has 0 spiro atoms. The van der Waals surface area contributed by atoms with E-state index in [1.807, 2.05) is 31.2 Å². The van der Waals surface area contributed by atoms with Gasteiger partial charge in [-0.2, -0.15) is 0 Å². The fourth-order valence-corrected chi connectivity index (χ4v) is 4.21. The number of ether oxygens (including phenoxy) is 1. The highest BCUT2D eigenvalue weighted by Crippen LogP contribution is 2.42. The number of aliphatic hydroxyl groups excluding tert-OH is 1. The van der Waals surface area contributed by atoms with Crippen LogP contribution < -0.4 is 9.64 Å². The largest absolute Gasteiger partial charge is 0.507 e. The molecular weight excluding hydrogens is 440 g/mol. The Morgan fingerprint density at radius 2 is 1.86 bits per heavy atom. The molecule has 2 aromatic carbocycles. The van der Waals surface area contributed by atoms with Crippen molar-refractivity contribution in [3.05, 3.63) is 94.8 Å². The molecule has 3 aromatic rings. The van der Waals surface area contributed by atoms with E-state index < -0.39 is 17.7 Å². The number of anilines is 1. The first-order chi connectivity index (χ1) is 16.8. The lowest BCUT2D eigenvalue weighted by Crippen LogP contribution is -2.29. The fourth-order valence-electron chi connectivity index (χ4n) is 4.21. The van der Waals surface area contributed by atoms with Crippen LogP contribution >= 0.6 is 0 Å². The Balaban J connectivity index is 1.82. The van der Waals surface area contributed by atoms with E-state index in [-0.39, 0.29) is 11.3 Å². The van der Waals surface area contributed by atoms with E-state index in [2.05, 4.69) is 25.8 Å². The third kappa shape index (κ3) is 4.83. The van der Waals surface area contributed by atoms with Crippen molar-refractivity contribution >= 4 is 23.1 Å². The van der Waals surface area contributed by atoms with Gasteiger partial charge in [-0.15, -0.1) is 0 Å². The van der Waals surface area contributed by atoms with Crippen molar-refractivity contribution in [1.29, 1.82) is 0 Å². The molecule has 35 heavy (non-hydrogen) atoms. The normalized spacial score (nSPS) is 17.3. The summed E-state index contributed by atoms with van der Waals surface area (Å²) in [6.45, 7) is 8.66. The second-order valence-electron chi connectivity index (χ2n) is 9.16. The summed E-state index contributed by atoms with van der Waals surface area (Å²) in [5.74, 6) is -0.532. The van der Waals surface area contributed by atoms with E-state index in [1.54, 1.807) is 42.7 Å². The first-order valence-electron chi connectivity index (χ1n) is 11.9. The zero-order valence-corrected chi connectivity index (χ0v) is 20.5. The molecule has 1 fully saturated rings. The van der Waals surface area contributed by atoms with E-state index >= 15 is 0 Å².